The first kappa shape index (κ1) is 19.2. The van der Waals surface area contributed by atoms with E-state index in [1.54, 1.807) is 6.33 Å². The van der Waals surface area contributed by atoms with Gasteiger partial charge in [-0.3, -0.25) is 5.10 Å². The molecule has 0 saturated heterocycles. The Morgan fingerprint density at radius 1 is 1.09 bits per heavy atom. The molecule has 3 heterocycles. The van der Waals surface area contributed by atoms with E-state index in [-0.39, 0.29) is 5.82 Å². The second-order valence-corrected chi connectivity index (χ2v) is 8.79. The zero-order valence-corrected chi connectivity index (χ0v) is 17.7. The lowest BCUT2D eigenvalue weighted by Crippen LogP contribution is -2.34. The predicted octanol–water partition coefficient (Wildman–Crippen LogP) is 4.79. The summed E-state index contributed by atoms with van der Waals surface area (Å²) in [6.45, 7) is 0.646. The summed E-state index contributed by atoms with van der Waals surface area (Å²) in [7, 11) is 0. The summed E-state index contributed by atoms with van der Waals surface area (Å²) in [4.78, 5) is 18.7. The number of aromatic nitrogens is 6. The molecular weight excluding hydrogens is 407 g/mol. The van der Waals surface area contributed by atoms with E-state index in [2.05, 4.69) is 52.5 Å². The molecule has 6 rings (SSSR count). The van der Waals surface area contributed by atoms with E-state index >= 15 is 0 Å². The number of fused-ring (bicyclic) bond motifs is 1. The molecule has 0 spiro atoms. The lowest BCUT2D eigenvalue weighted by atomic mass is 10.1. The fourth-order valence-electron chi connectivity index (χ4n) is 4.56. The SMILES string of the molecule is Fc1cnc(N(Cc2ccc3[nH]cnc3c2)C2CCCC2)nc1Nc1cc(C2CC2)[nH]n1. The van der Waals surface area contributed by atoms with Gasteiger partial charge in [0.2, 0.25) is 5.95 Å². The standard InChI is InChI=1S/C23H25FN8/c24-17-11-25-23(29-22(17)28-21-10-19(30-31-21)15-6-7-15)32(16-3-1-2-4-16)12-14-5-8-18-20(9-14)27-13-26-18/h5,8-11,13,15-16H,1-4,6-7,12H2,(H,26,27)(H2,25,28,29,30,31). The van der Waals surface area contributed by atoms with Gasteiger partial charge in [0, 0.05) is 30.3 Å². The van der Waals surface area contributed by atoms with Crippen LogP contribution in [0.25, 0.3) is 11.0 Å². The molecule has 2 aliphatic rings. The summed E-state index contributed by atoms with van der Waals surface area (Å²) in [6, 6.07) is 8.48. The third-order valence-electron chi connectivity index (χ3n) is 6.45. The summed E-state index contributed by atoms with van der Waals surface area (Å²) < 4.78 is 14.6. The number of rotatable bonds is 7. The van der Waals surface area contributed by atoms with Gasteiger partial charge in [-0.25, -0.2) is 14.4 Å². The van der Waals surface area contributed by atoms with Gasteiger partial charge in [0.15, 0.2) is 17.5 Å². The maximum atomic E-state index is 14.6. The van der Waals surface area contributed by atoms with E-state index in [4.69, 9.17) is 0 Å². The van der Waals surface area contributed by atoms with Crippen LogP contribution >= 0.6 is 0 Å². The van der Waals surface area contributed by atoms with Gasteiger partial charge in [0.25, 0.3) is 0 Å². The Bertz CT molecular complexity index is 1240. The van der Waals surface area contributed by atoms with E-state index in [1.807, 2.05) is 12.1 Å². The van der Waals surface area contributed by atoms with Crippen molar-refractivity contribution in [3.05, 3.63) is 53.9 Å². The molecule has 3 N–H and O–H groups in total. The Morgan fingerprint density at radius 3 is 2.81 bits per heavy atom. The van der Waals surface area contributed by atoms with E-state index in [0.717, 1.165) is 35.1 Å². The van der Waals surface area contributed by atoms with Gasteiger partial charge < -0.3 is 15.2 Å². The van der Waals surface area contributed by atoms with Crippen LogP contribution in [0.3, 0.4) is 0 Å². The van der Waals surface area contributed by atoms with Crippen molar-refractivity contribution >= 4 is 28.6 Å². The van der Waals surface area contributed by atoms with Gasteiger partial charge in [-0.2, -0.15) is 10.1 Å². The zero-order valence-electron chi connectivity index (χ0n) is 17.7. The molecule has 0 radical (unpaired) electrons. The number of hydrogen-bond acceptors (Lipinski definition) is 6. The van der Waals surface area contributed by atoms with Gasteiger partial charge in [-0.15, -0.1) is 0 Å². The molecule has 32 heavy (non-hydrogen) atoms. The lowest BCUT2D eigenvalue weighted by Gasteiger charge is -2.29. The molecule has 4 aromatic rings. The maximum absolute atomic E-state index is 14.6. The summed E-state index contributed by atoms with van der Waals surface area (Å²) in [5.41, 5.74) is 4.15. The van der Waals surface area contributed by atoms with Crippen molar-refractivity contribution in [2.75, 3.05) is 10.2 Å². The molecule has 2 saturated carbocycles. The third-order valence-corrected chi connectivity index (χ3v) is 6.45. The van der Waals surface area contributed by atoms with Crippen LogP contribution in [0.4, 0.5) is 22.0 Å². The fourth-order valence-corrected chi connectivity index (χ4v) is 4.56. The highest BCUT2D eigenvalue weighted by Gasteiger charge is 2.27. The van der Waals surface area contributed by atoms with Crippen LogP contribution < -0.4 is 10.2 Å². The quantitative estimate of drug-likeness (QED) is 0.389. The average molecular weight is 433 g/mol. The first-order chi connectivity index (χ1) is 15.7. The first-order valence-corrected chi connectivity index (χ1v) is 11.3. The van der Waals surface area contributed by atoms with Crippen LogP contribution in [0.5, 0.6) is 0 Å². The number of aromatic amines is 2. The summed E-state index contributed by atoms with van der Waals surface area (Å²) in [5.74, 6) is 1.31. The lowest BCUT2D eigenvalue weighted by molar-refractivity contribution is 0.579. The molecule has 9 heteroatoms. The highest BCUT2D eigenvalue weighted by Crippen LogP contribution is 2.39. The first-order valence-electron chi connectivity index (χ1n) is 11.3. The molecule has 0 bridgehead atoms. The highest BCUT2D eigenvalue weighted by atomic mass is 19.1. The number of imidazole rings is 1. The normalized spacial score (nSPS) is 16.7. The van der Waals surface area contributed by atoms with Crippen molar-refractivity contribution in [1.29, 1.82) is 0 Å². The van der Waals surface area contributed by atoms with Crippen LogP contribution in [0.15, 0.2) is 36.8 Å². The van der Waals surface area contributed by atoms with E-state index < -0.39 is 5.82 Å². The van der Waals surface area contributed by atoms with Crippen molar-refractivity contribution in [2.45, 2.75) is 57.0 Å². The number of nitrogens with zero attached hydrogens (tertiary/aromatic N) is 5. The van der Waals surface area contributed by atoms with Gasteiger partial charge in [-0.1, -0.05) is 18.9 Å². The number of hydrogen-bond donors (Lipinski definition) is 3. The van der Waals surface area contributed by atoms with E-state index in [1.165, 1.54) is 31.9 Å². The molecule has 3 aromatic heterocycles. The molecule has 164 valence electrons. The fraction of sp³-hybridized carbons (Fsp3) is 0.391. The minimum absolute atomic E-state index is 0.148. The van der Waals surface area contributed by atoms with Gasteiger partial charge >= 0.3 is 0 Å². The number of anilines is 3. The van der Waals surface area contributed by atoms with Crippen LogP contribution in [0.2, 0.25) is 0 Å². The maximum Gasteiger partial charge on any atom is 0.228 e. The van der Waals surface area contributed by atoms with Crippen molar-refractivity contribution in [3.8, 4) is 0 Å². The van der Waals surface area contributed by atoms with Crippen molar-refractivity contribution in [3.63, 3.8) is 0 Å². The molecule has 8 nitrogen and oxygen atoms in total. The summed E-state index contributed by atoms with van der Waals surface area (Å²) >= 11 is 0. The second-order valence-electron chi connectivity index (χ2n) is 8.79. The summed E-state index contributed by atoms with van der Waals surface area (Å²) in [6.07, 6.45) is 9.83. The van der Waals surface area contributed by atoms with Crippen LogP contribution in [-0.2, 0) is 6.54 Å². The topological polar surface area (TPSA) is 98.4 Å². The molecule has 2 aliphatic carbocycles. The molecule has 0 atom stereocenters. The van der Waals surface area contributed by atoms with Gasteiger partial charge in [-0.05, 0) is 43.4 Å². The summed E-state index contributed by atoms with van der Waals surface area (Å²) in [5, 5.41) is 10.3. The van der Waals surface area contributed by atoms with Gasteiger partial charge in [0.05, 0.1) is 23.6 Å². The Kier molecular flexibility index (Phi) is 4.74. The molecule has 0 aliphatic heterocycles. The Hall–Kier alpha value is -3.49. The number of benzene rings is 1. The molecule has 0 unspecified atom stereocenters. The Labute approximate surface area is 184 Å². The Balaban J connectivity index is 1.29. The molecule has 1 aromatic carbocycles. The average Bonchev–Trinajstić information content (AvgIpc) is 3.20. The van der Waals surface area contributed by atoms with Gasteiger partial charge in [0.1, 0.15) is 0 Å². The van der Waals surface area contributed by atoms with Crippen LogP contribution in [0, 0.1) is 5.82 Å². The third kappa shape index (κ3) is 3.79. The number of halogens is 1. The number of H-pyrrole nitrogens is 2. The van der Waals surface area contributed by atoms with Crippen molar-refractivity contribution < 1.29 is 4.39 Å². The Morgan fingerprint density at radius 2 is 1.97 bits per heavy atom. The van der Waals surface area contributed by atoms with E-state index in [9.17, 15) is 4.39 Å². The van der Waals surface area contributed by atoms with E-state index in [0.29, 0.717) is 30.3 Å². The number of nitrogens with one attached hydrogen (secondary N) is 3. The minimum atomic E-state index is -0.492. The second kappa shape index (κ2) is 7.89. The molecular formula is C23H25FN8. The molecule has 2 fully saturated rings. The largest absolute Gasteiger partial charge is 0.345 e. The zero-order chi connectivity index (χ0) is 21.5. The predicted molar refractivity (Wildman–Crippen MR) is 120 cm³/mol. The van der Waals surface area contributed by atoms with Crippen molar-refractivity contribution in [1.82, 2.24) is 30.1 Å². The van der Waals surface area contributed by atoms with Crippen LogP contribution in [0.1, 0.15) is 55.7 Å². The molecule has 0 amide bonds. The monoisotopic (exact) mass is 432 g/mol. The van der Waals surface area contributed by atoms with Crippen molar-refractivity contribution in [2.24, 2.45) is 0 Å². The highest BCUT2D eigenvalue weighted by molar-refractivity contribution is 5.75. The van der Waals surface area contributed by atoms with Crippen LogP contribution in [-0.4, -0.2) is 36.2 Å². The smallest absolute Gasteiger partial charge is 0.228 e. The minimum Gasteiger partial charge on any atom is -0.345 e.